The molecule has 0 aliphatic rings. The number of benzene rings is 2. The Kier molecular flexibility index (Phi) is 2.46. The lowest BCUT2D eigenvalue weighted by atomic mass is 10.1. The van der Waals surface area contributed by atoms with Crippen LogP contribution in [0.5, 0.6) is 0 Å². The van der Waals surface area contributed by atoms with E-state index in [4.69, 9.17) is 5.11 Å². The van der Waals surface area contributed by atoms with E-state index in [0.717, 1.165) is 27.6 Å². The van der Waals surface area contributed by atoms with Gasteiger partial charge in [-0.25, -0.2) is 9.97 Å². The van der Waals surface area contributed by atoms with Crippen LogP contribution in [-0.4, -0.2) is 21.7 Å². The molecule has 0 radical (unpaired) electrons. The number of aliphatic hydroxyl groups is 1. The number of hydrogen-bond acceptors (Lipinski definition) is 3. The summed E-state index contributed by atoms with van der Waals surface area (Å²) in [7, 11) is 0. The summed E-state index contributed by atoms with van der Waals surface area (Å²) in [5, 5.41) is 9.04. The number of para-hydroxylation sites is 3. The van der Waals surface area contributed by atoms with Gasteiger partial charge in [0.2, 0.25) is 0 Å². The van der Waals surface area contributed by atoms with E-state index in [1.165, 1.54) is 0 Å². The maximum absolute atomic E-state index is 9.04. The van der Waals surface area contributed by atoms with Gasteiger partial charge < -0.3 is 5.11 Å². The normalized spacial score (nSPS) is 11.1. The molecule has 0 saturated carbocycles. The Labute approximate surface area is 98.8 Å². The zero-order chi connectivity index (χ0) is 11.7. The van der Waals surface area contributed by atoms with Crippen molar-refractivity contribution < 1.29 is 5.11 Å². The average Bonchev–Trinajstić information content (AvgIpc) is 2.37. The molecular formula is C14H12N2O. The summed E-state index contributed by atoms with van der Waals surface area (Å²) >= 11 is 0. The molecule has 1 N–H and O–H groups in total. The van der Waals surface area contributed by atoms with Crippen LogP contribution >= 0.6 is 0 Å². The minimum atomic E-state index is 0.133. The van der Waals surface area contributed by atoms with Gasteiger partial charge in [-0.05, 0) is 30.2 Å². The first kappa shape index (κ1) is 10.2. The van der Waals surface area contributed by atoms with Crippen molar-refractivity contribution in [2.75, 3.05) is 6.61 Å². The van der Waals surface area contributed by atoms with Crippen LogP contribution in [0.3, 0.4) is 0 Å². The van der Waals surface area contributed by atoms with Gasteiger partial charge in [-0.2, -0.15) is 0 Å². The summed E-state index contributed by atoms with van der Waals surface area (Å²) in [6.07, 6.45) is 0.615. The topological polar surface area (TPSA) is 46.0 Å². The van der Waals surface area contributed by atoms with E-state index >= 15 is 0 Å². The highest BCUT2D eigenvalue weighted by atomic mass is 16.2. The van der Waals surface area contributed by atoms with E-state index in [2.05, 4.69) is 9.97 Å². The molecule has 0 unspecified atom stereocenters. The second-order valence-corrected chi connectivity index (χ2v) is 3.97. The zero-order valence-electron chi connectivity index (χ0n) is 9.30. The van der Waals surface area contributed by atoms with Crippen molar-refractivity contribution in [3.63, 3.8) is 0 Å². The Hall–Kier alpha value is -2.00. The van der Waals surface area contributed by atoms with Gasteiger partial charge in [-0.3, -0.25) is 0 Å². The first-order valence-corrected chi connectivity index (χ1v) is 5.64. The van der Waals surface area contributed by atoms with Crippen molar-refractivity contribution in [3.8, 4) is 0 Å². The van der Waals surface area contributed by atoms with E-state index in [1.807, 2.05) is 42.5 Å². The molecule has 3 nitrogen and oxygen atoms in total. The average molecular weight is 224 g/mol. The maximum Gasteiger partial charge on any atom is 0.0927 e. The Morgan fingerprint density at radius 3 is 2.29 bits per heavy atom. The fourth-order valence-electron chi connectivity index (χ4n) is 2.02. The number of aromatic nitrogens is 2. The molecule has 0 bridgehead atoms. The molecule has 17 heavy (non-hydrogen) atoms. The Morgan fingerprint density at radius 2 is 1.53 bits per heavy atom. The lowest BCUT2D eigenvalue weighted by Gasteiger charge is -2.05. The Bertz CT molecular complexity index is 679. The van der Waals surface area contributed by atoms with Gasteiger partial charge in [-0.15, -0.1) is 0 Å². The molecular weight excluding hydrogens is 212 g/mol. The number of rotatable bonds is 2. The van der Waals surface area contributed by atoms with Crippen molar-refractivity contribution in [2.24, 2.45) is 0 Å². The molecule has 3 rings (SSSR count). The van der Waals surface area contributed by atoms with E-state index < -0.39 is 0 Å². The maximum atomic E-state index is 9.04. The predicted octanol–water partition coefficient (Wildman–Crippen LogP) is 2.32. The van der Waals surface area contributed by atoms with Gasteiger partial charge in [0.15, 0.2) is 0 Å². The van der Waals surface area contributed by atoms with Gasteiger partial charge in [0.25, 0.3) is 0 Å². The van der Waals surface area contributed by atoms with E-state index in [-0.39, 0.29) is 6.61 Å². The molecule has 3 heteroatoms. The number of aliphatic hydroxyl groups excluding tert-OH is 1. The highest BCUT2D eigenvalue weighted by Gasteiger charge is 2.05. The predicted molar refractivity (Wildman–Crippen MR) is 67.8 cm³/mol. The van der Waals surface area contributed by atoms with Crippen LogP contribution in [0.4, 0.5) is 0 Å². The summed E-state index contributed by atoms with van der Waals surface area (Å²) < 4.78 is 0. The van der Waals surface area contributed by atoms with Crippen molar-refractivity contribution in [1.29, 1.82) is 0 Å². The third-order valence-electron chi connectivity index (χ3n) is 2.83. The monoisotopic (exact) mass is 224 g/mol. The van der Waals surface area contributed by atoms with Gasteiger partial charge in [0, 0.05) is 6.61 Å². The number of fused-ring (bicyclic) bond motifs is 2. The highest BCUT2D eigenvalue weighted by molar-refractivity contribution is 5.87. The molecule has 0 saturated heterocycles. The summed E-state index contributed by atoms with van der Waals surface area (Å²) in [6.45, 7) is 0.133. The van der Waals surface area contributed by atoms with Gasteiger partial charge in [0.1, 0.15) is 0 Å². The standard InChI is InChI=1S/C14H12N2O/c17-9-8-10-4-3-7-13-14(10)16-12-6-2-1-5-11(12)15-13/h1-7,17H,8-9H2. The molecule has 3 aromatic rings. The first-order chi connectivity index (χ1) is 8.38. The van der Waals surface area contributed by atoms with Gasteiger partial charge >= 0.3 is 0 Å². The van der Waals surface area contributed by atoms with Crippen LogP contribution < -0.4 is 0 Å². The van der Waals surface area contributed by atoms with Crippen LogP contribution in [-0.2, 0) is 6.42 Å². The lowest BCUT2D eigenvalue weighted by Crippen LogP contribution is -1.95. The zero-order valence-corrected chi connectivity index (χ0v) is 9.30. The molecule has 0 atom stereocenters. The fraction of sp³-hybridized carbons (Fsp3) is 0.143. The molecule has 0 spiro atoms. The molecule has 0 fully saturated rings. The van der Waals surface area contributed by atoms with E-state index in [9.17, 15) is 0 Å². The third-order valence-corrected chi connectivity index (χ3v) is 2.83. The second-order valence-electron chi connectivity index (χ2n) is 3.97. The summed E-state index contributed by atoms with van der Waals surface area (Å²) in [4.78, 5) is 9.20. The van der Waals surface area contributed by atoms with Gasteiger partial charge in [0.05, 0.1) is 22.1 Å². The molecule has 1 heterocycles. The van der Waals surface area contributed by atoms with Gasteiger partial charge in [-0.1, -0.05) is 24.3 Å². The van der Waals surface area contributed by atoms with Crippen LogP contribution in [0.2, 0.25) is 0 Å². The van der Waals surface area contributed by atoms with Crippen LogP contribution in [0.1, 0.15) is 5.56 Å². The minimum Gasteiger partial charge on any atom is -0.396 e. The number of hydrogen-bond donors (Lipinski definition) is 1. The van der Waals surface area contributed by atoms with Crippen molar-refractivity contribution in [1.82, 2.24) is 9.97 Å². The summed E-state index contributed by atoms with van der Waals surface area (Å²) in [5.74, 6) is 0. The molecule has 84 valence electrons. The second kappa shape index (κ2) is 4.11. The molecule has 0 aliphatic carbocycles. The van der Waals surface area contributed by atoms with E-state index in [0.29, 0.717) is 6.42 Å². The molecule has 2 aromatic carbocycles. The van der Waals surface area contributed by atoms with Crippen molar-refractivity contribution in [2.45, 2.75) is 6.42 Å². The SMILES string of the molecule is OCCc1cccc2nc3ccccc3nc12. The quantitative estimate of drug-likeness (QED) is 0.679. The summed E-state index contributed by atoms with van der Waals surface area (Å²) in [6, 6.07) is 13.7. The lowest BCUT2D eigenvalue weighted by molar-refractivity contribution is 0.300. The van der Waals surface area contributed by atoms with E-state index in [1.54, 1.807) is 0 Å². The van der Waals surface area contributed by atoms with Crippen molar-refractivity contribution in [3.05, 3.63) is 48.0 Å². The summed E-state index contributed by atoms with van der Waals surface area (Å²) in [5.41, 5.74) is 4.62. The third kappa shape index (κ3) is 1.74. The Morgan fingerprint density at radius 1 is 0.824 bits per heavy atom. The van der Waals surface area contributed by atoms with Crippen LogP contribution in [0.15, 0.2) is 42.5 Å². The number of nitrogens with zero attached hydrogens (tertiary/aromatic N) is 2. The van der Waals surface area contributed by atoms with Crippen LogP contribution in [0, 0.1) is 0 Å². The first-order valence-electron chi connectivity index (χ1n) is 5.64. The molecule has 0 amide bonds. The molecule has 1 aromatic heterocycles. The largest absolute Gasteiger partial charge is 0.396 e. The fourth-order valence-corrected chi connectivity index (χ4v) is 2.02. The smallest absolute Gasteiger partial charge is 0.0927 e. The molecule has 0 aliphatic heterocycles. The Balaban J connectivity index is 2.35. The van der Waals surface area contributed by atoms with Crippen molar-refractivity contribution >= 4 is 22.1 Å². The highest BCUT2D eigenvalue weighted by Crippen LogP contribution is 2.19. The van der Waals surface area contributed by atoms with Crippen LogP contribution in [0.25, 0.3) is 22.1 Å². The minimum absolute atomic E-state index is 0.133.